The minimum absolute atomic E-state index is 0.0185. The van der Waals surface area contributed by atoms with Crippen LogP contribution in [0.2, 0.25) is 5.02 Å². The highest BCUT2D eigenvalue weighted by molar-refractivity contribution is 7.21. The second kappa shape index (κ2) is 7.77. The molecule has 0 unspecified atom stereocenters. The molecule has 1 aliphatic heterocycles. The predicted octanol–water partition coefficient (Wildman–Crippen LogP) is 4.21. The van der Waals surface area contributed by atoms with E-state index in [0.717, 1.165) is 15.6 Å². The number of pyridine rings is 1. The molecule has 0 aliphatic carbocycles. The highest BCUT2D eigenvalue weighted by Gasteiger charge is 2.28. The molecule has 1 aliphatic rings. The Kier molecular flexibility index (Phi) is 5.19. The number of hydrogen-bond donors (Lipinski definition) is 0. The van der Waals surface area contributed by atoms with Gasteiger partial charge in [0.25, 0.3) is 5.91 Å². The Bertz CT molecular complexity index is 1030. The van der Waals surface area contributed by atoms with E-state index < -0.39 is 6.09 Å². The van der Waals surface area contributed by atoms with Crippen molar-refractivity contribution < 1.29 is 14.3 Å². The molecule has 0 atom stereocenters. The summed E-state index contributed by atoms with van der Waals surface area (Å²) in [6.07, 6.45) is 2.68. The standard InChI is InChI=1S/C20H18ClN3O3S/c1-13-17-15(21)5-2-6-16(17)28-18(13)19(25)23-8-10-24(11-9-23)20(26)27-14-4-3-7-22-12-14/h2-7,12H,8-11H2,1H3. The van der Waals surface area contributed by atoms with Gasteiger partial charge in [0.15, 0.2) is 5.75 Å². The molecule has 0 saturated carbocycles. The second-order valence-corrected chi connectivity index (χ2v) is 7.96. The van der Waals surface area contributed by atoms with Crippen LogP contribution in [0.4, 0.5) is 4.79 Å². The molecule has 3 heterocycles. The monoisotopic (exact) mass is 415 g/mol. The normalized spacial score (nSPS) is 14.4. The molecule has 3 aromatic rings. The van der Waals surface area contributed by atoms with Crippen molar-refractivity contribution >= 4 is 45.0 Å². The summed E-state index contributed by atoms with van der Waals surface area (Å²) in [6.45, 7) is 3.70. The van der Waals surface area contributed by atoms with Gasteiger partial charge in [-0.1, -0.05) is 17.7 Å². The fourth-order valence-corrected chi connectivity index (χ4v) is 4.84. The van der Waals surface area contributed by atoms with Crippen LogP contribution in [0.5, 0.6) is 5.75 Å². The van der Waals surface area contributed by atoms with Crippen molar-refractivity contribution in [2.75, 3.05) is 26.2 Å². The van der Waals surface area contributed by atoms with E-state index in [1.165, 1.54) is 17.5 Å². The molecular formula is C20H18ClN3O3S. The summed E-state index contributed by atoms with van der Waals surface area (Å²) >= 11 is 7.77. The van der Waals surface area contributed by atoms with Crippen LogP contribution in [0.1, 0.15) is 15.2 Å². The van der Waals surface area contributed by atoms with E-state index in [4.69, 9.17) is 16.3 Å². The molecule has 1 saturated heterocycles. The molecule has 4 rings (SSSR count). The van der Waals surface area contributed by atoms with Crippen molar-refractivity contribution in [2.24, 2.45) is 0 Å². The number of piperazine rings is 1. The number of amides is 2. The number of aromatic nitrogens is 1. The van der Waals surface area contributed by atoms with Crippen molar-refractivity contribution in [1.29, 1.82) is 0 Å². The lowest BCUT2D eigenvalue weighted by molar-refractivity contribution is 0.0637. The first kappa shape index (κ1) is 18.7. The average molecular weight is 416 g/mol. The van der Waals surface area contributed by atoms with Crippen LogP contribution < -0.4 is 4.74 Å². The minimum atomic E-state index is -0.426. The van der Waals surface area contributed by atoms with Gasteiger partial charge in [0.2, 0.25) is 0 Å². The SMILES string of the molecule is Cc1c(C(=O)N2CCN(C(=O)Oc3cccnc3)CC2)sc2cccc(Cl)c12. The molecule has 0 N–H and O–H groups in total. The molecule has 0 radical (unpaired) electrons. The van der Waals surface area contributed by atoms with Gasteiger partial charge in [-0.25, -0.2) is 4.79 Å². The van der Waals surface area contributed by atoms with Crippen LogP contribution in [0, 0.1) is 6.92 Å². The fraction of sp³-hybridized carbons (Fsp3) is 0.250. The lowest BCUT2D eigenvalue weighted by Gasteiger charge is -2.33. The van der Waals surface area contributed by atoms with Gasteiger partial charge in [-0.3, -0.25) is 9.78 Å². The van der Waals surface area contributed by atoms with Crippen molar-refractivity contribution in [3.8, 4) is 5.75 Å². The zero-order valence-corrected chi connectivity index (χ0v) is 16.8. The van der Waals surface area contributed by atoms with E-state index in [0.29, 0.717) is 41.8 Å². The number of carbonyl (C=O) groups is 2. The molecule has 2 aromatic heterocycles. The number of aryl methyl sites for hydroxylation is 1. The van der Waals surface area contributed by atoms with Gasteiger partial charge in [0, 0.05) is 47.5 Å². The summed E-state index contributed by atoms with van der Waals surface area (Å²) in [4.78, 5) is 33.3. The third-order valence-electron chi connectivity index (χ3n) is 4.76. The molecule has 1 fully saturated rings. The molecule has 0 spiro atoms. The highest BCUT2D eigenvalue weighted by Crippen LogP contribution is 2.36. The number of carbonyl (C=O) groups excluding carboxylic acids is 2. The molecule has 28 heavy (non-hydrogen) atoms. The Morgan fingerprint density at radius 1 is 1.11 bits per heavy atom. The van der Waals surface area contributed by atoms with Crippen molar-refractivity contribution in [3.63, 3.8) is 0 Å². The minimum Gasteiger partial charge on any atom is -0.409 e. The second-order valence-electron chi connectivity index (χ2n) is 6.51. The van der Waals surface area contributed by atoms with Gasteiger partial charge in [-0.05, 0) is 36.8 Å². The summed E-state index contributed by atoms with van der Waals surface area (Å²) in [6, 6.07) is 9.09. The fourth-order valence-electron chi connectivity index (χ4n) is 3.27. The number of nitrogens with zero attached hydrogens (tertiary/aromatic N) is 3. The third-order valence-corrected chi connectivity index (χ3v) is 6.32. The smallest absolute Gasteiger partial charge is 0.409 e. The molecule has 2 amide bonds. The number of fused-ring (bicyclic) bond motifs is 1. The maximum Gasteiger partial charge on any atom is 0.415 e. The van der Waals surface area contributed by atoms with Crippen LogP contribution in [0.3, 0.4) is 0 Å². The van der Waals surface area contributed by atoms with Crippen LogP contribution in [0.25, 0.3) is 10.1 Å². The van der Waals surface area contributed by atoms with Crippen molar-refractivity contribution in [1.82, 2.24) is 14.8 Å². The van der Waals surface area contributed by atoms with Crippen LogP contribution in [-0.2, 0) is 0 Å². The third kappa shape index (κ3) is 3.55. The number of benzene rings is 1. The van der Waals surface area contributed by atoms with E-state index in [1.807, 2.05) is 25.1 Å². The van der Waals surface area contributed by atoms with Crippen molar-refractivity contribution in [3.05, 3.63) is 58.2 Å². The van der Waals surface area contributed by atoms with E-state index >= 15 is 0 Å². The Balaban J connectivity index is 1.42. The first-order valence-electron chi connectivity index (χ1n) is 8.88. The van der Waals surface area contributed by atoms with Crippen LogP contribution >= 0.6 is 22.9 Å². The molecule has 6 nitrogen and oxygen atoms in total. The Morgan fingerprint density at radius 3 is 2.54 bits per heavy atom. The number of rotatable bonds is 2. The number of thiophene rings is 1. The Hall–Kier alpha value is -2.64. The first-order chi connectivity index (χ1) is 13.5. The van der Waals surface area contributed by atoms with Gasteiger partial charge in [-0.15, -0.1) is 11.3 Å². The lowest BCUT2D eigenvalue weighted by Crippen LogP contribution is -2.51. The van der Waals surface area contributed by atoms with E-state index in [1.54, 1.807) is 28.1 Å². The Labute approximate surface area is 171 Å². The van der Waals surface area contributed by atoms with Crippen molar-refractivity contribution in [2.45, 2.75) is 6.92 Å². The van der Waals surface area contributed by atoms with E-state index in [-0.39, 0.29) is 5.91 Å². The molecular weight excluding hydrogens is 398 g/mol. The predicted molar refractivity (Wildman–Crippen MR) is 109 cm³/mol. The van der Waals surface area contributed by atoms with Gasteiger partial charge in [0.05, 0.1) is 11.1 Å². The zero-order chi connectivity index (χ0) is 19.7. The zero-order valence-electron chi connectivity index (χ0n) is 15.2. The average Bonchev–Trinajstić information content (AvgIpc) is 3.06. The molecule has 144 valence electrons. The summed E-state index contributed by atoms with van der Waals surface area (Å²) < 4.78 is 6.32. The van der Waals surface area contributed by atoms with Gasteiger partial charge in [-0.2, -0.15) is 0 Å². The lowest BCUT2D eigenvalue weighted by atomic mass is 10.1. The summed E-state index contributed by atoms with van der Waals surface area (Å²) in [5, 5.41) is 1.60. The van der Waals surface area contributed by atoms with Gasteiger partial charge in [0.1, 0.15) is 0 Å². The number of halogens is 1. The van der Waals surface area contributed by atoms with E-state index in [2.05, 4.69) is 4.98 Å². The van der Waals surface area contributed by atoms with Gasteiger partial charge < -0.3 is 14.5 Å². The number of hydrogen-bond acceptors (Lipinski definition) is 5. The molecule has 0 bridgehead atoms. The number of ether oxygens (including phenoxy) is 1. The summed E-state index contributed by atoms with van der Waals surface area (Å²) in [5.74, 6) is 0.388. The first-order valence-corrected chi connectivity index (χ1v) is 10.1. The topological polar surface area (TPSA) is 62.7 Å². The maximum absolute atomic E-state index is 13.0. The van der Waals surface area contributed by atoms with Gasteiger partial charge >= 0.3 is 6.09 Å². The van der Waals surface area contributed by atoms with Crippen LogP contribution in [-0.4, -0.2) is 53.0 Å². The Morgan fingerprint density at radius 2 is 1.86 bits per heavy atom. The molecule has 1 aromatic carbocycles. The summed E-state index contributed by atoms with van der Waals surface area (Å²) in [5.41, 5.74) is 0.911. The quantitative estimate of drug-likeness (QED) is 0.628. The highest BCUT2D eigenvalue weighted by atomic mass is 35.5. The largest absolute Gasteiger partial charge is 0.415 e. The summed E-state index contributed by atoms with van der Waals surface area (Å²) in [7, 11) is 0. The van der Waals surface area contributed by atoms with Crippen LogP contribution in [0.15, 0.2) is 42.7 Å². The van der Waals surface area contributed by atoms with E-state index in [9.17, 15) is 9.59 Å². The molecule has 8 heteroatoms. The maximum atomic E-state index is 13.0.